The van der Waals surface area contributed by atoms with E-state index < -0.39 is 10.8 Å². The summed E-state index contributed by atoms with van der Waals surface area (Å²) in [6.45, 7) is 1.81. The molecule has 0 spiro atoms. The van der Waals surface area contributed by atoms with Gasteiger partial charge in [-0.2, -0.15) is 14.9 Å². The monoisotopic (exact) mass is 466 g/mol. The maximum absolute atomic E-state index is 12.6. The second kappa shape index (κ2) is 8.98. The molecule has 3 heterocycles. The summed E-state index contributed by atoms with van der Waals surface area (Å²) in [4.78, 5) is 31.7. The van der Waals surface area contributed by atoms with Crippen LogP contribution in [0.3, 0.4) is 0 Å². The number of carbonyl (C=O) groups excluding carboxylic acids is 1. The van der Waals surface area contributed by atoms with Crippen molar-refractivity contribution in [2.75, 3.05) is 5.32 Å². The van der Waals surface area contributed by atoms with Crippen LogP contribution in [0.1, 0.15) is 11.3 Å². The fraction of sp³-hybridized carbons (Fsp3) is 0.0417. The van der Waals surface area contributed by atoms with Crippen LogP contribution in [0, 0.1) is 17.0 Å². The first kappa shape index (κ1) is 21.6. The molecule has 5 rings (SSSR count). The molecule has 0 saturated heterocycles. The van der Waals surface area contributed by atoms with E-state index in [2.05, 4.69) is 25.5 Å². The van der Waals surface area contributed by atoms with Gasteiger partial charge in [-0.3, -0.25) is 14.9 Å². The van der Waals surface area contributed by atoms with Gasteiger partial charge in [0.05, 0.1) is 27.9 Å². The number of nitro benzene ring substituents is 1. The summed E-state index contributed by atoms with van der Waals surface area (Å²) < 4.78 is 3.25. The Balaban J connectivity index is 1.43. The summed E-state index contributed by atoms with van der Waals surface area (Å²) in [5.74, 6) is 0.503. The van der Waals surface area contributed by atoms with Gasteiger partial charge in [0.2, 0.25) is 5.91 Å². The number of hydrogen-bond donors (Lipinski definition) is 1. The lowest BCUT2D eigenvalue weighted by molar-refractivity contribution is -0.384. The fourth-order valence-corrected chi connectivity index (χ4v) is 3.56. The van der Waals surface area contributed by atoms with E-state index in [0.29, 0.717) is 33.9 Å². The number of para-hydroxylation sites is 1. The summed E-state index contributed by atoms with van der Waals surface area (Å²) in [7, 11) is 0. The first-order valence-electron chi connectivity index (χ1n) is 10.5. The Morgan fingerprint density at radius 1 is 1.06 bits per heavy atom. The van der Waals surface area contributed by atoms with Crippen LogP contribution < -0.4 is 5.32 Å². The molecule has 0 atom stereocenters. The molecule has 1 amide bonds. The zero-order valence-electron chi connectivity index (χ0n) is 18.4. The number of nitro groups is 1. The topological polar surface area (TPSA) is 134 Å². The van der Waals surface area contributed by atoms with Crippen LogP contribution in [0.4, 0.5) is 11.5 Å². The van der Waals surface area contributed by atoms with E-state index in [1.807, 2.05) is 37.3 Å². The van der Waals surface area contributed by atoms with Crippen LogP contribution in [-0.4, -0.2) is 40.4 Å². The molecule has 11 nitrogen and oxygen atoms in total. The molecule has 0 radical (unpaired) electrons. The lowest BCUT2D eigenvalue weighted by Crippen LogP contribution is -2.13. The maximum Gasteiger partial charge on any atom is 0.269 e. The highest BCUT2D eigenvalue weighted by molar-refractivity contribution is 6.01. The van der Waals surface area contributed by atoms with Gasteiger partial charge in [-0.15, -0.1) is 0 Å². The van der Waals surface area contributed by atoms with Crippen molar-refractivity contribution in [2.45, 2.75) is 6.92 Å². The predicted octanol–water partition coefficient (Wildman–Crippen LogP) is 3.87. The number of non-ortho nitro benzene ring substituents is 1. The van der Waals surface area contributed by atoms with Gasteiger partial charge in [-0.25, -0.2) is 14.6 Å². The SMILES string of the molecule is Cc1cc(NC(=O)/C=C/c2ccc([N+](=O)[O-])cc2)n(-c2ncnc3c2cnn3-c2ccccc2)n1. The third-order valence-electron chi connectivity index (χ3n) is 5.16. The minimum absolute atomic E-state index is 0.0160. The number of anilines is 1. The van der Waals surface area contributed by atoms with E-state index in [-0.39, 0.29) is 5.69 Å². The number of aryl methyl sites for hydroxylation is 1. The van der Waals surface area contributed by atoms with Crippen molar-refractivity contribution in [3.8, 4) is 11.5 Å². The van der Waals surface area contributed by atoms with Gasteiger partial charge in [0, 0.05) is 24.3 Å². The number of nitrogens with zero attached hydrogens (tertiary/aromatic N) is 7. The highest BCUT2D eigenvalue weighted by atomic mass is 16.6. The molecule has 35 heavy (non-hydrogen) atoms. The Morgan fingerprint density at radius 2 is 1.83 bits per heavy atom. The van der Waals surface area contributed by atoms with Crippen molar-refractivity contribution in [1.29, 1.82) is 0 Å². The number of amides is 1. The van der Waals surface area contributed by atoms with Gasteiger partial charge < -0.3 is 5.32 Å². The van der Waals surface area contributed by atoms with Crippen molar-refractivity contribution in [3.05, 3.63) is 101 Å². The van der Waals surface area contributed by atoms with E-state index in [4.69, 9.17) is 0 Å². The van der Waals surface area contributed by atoms with Crippen LogP contribution in [0.15, 0.2) is 79.3 Å². The summed E-state index contributed by atoms with van der Waals surface area (Å²) >= 11 is 0. The minimum Gasteiger partial charge on any atom is -0.307 e. The first-order valence-corrected chi connectivity index (χ1v) is 10.5. The van der Waals surface area contributed by atoms with Crippen LogP contribution in [0.5, 0.6) is 0 Å². The smallest absolute Gasteiger partial charge is 0.269 e. The quantitative estimate of drug-likeness (QED) is 0.228. The molecule has 0 unspecified atom stereocenters. The molecule has 11 heteroatoms. The summed E-state index contributed by atoms with van der Waals surface area (Å²) in [6, 6.07) is 17.2. The van der Waals surface area contributed by atoms with Gasteiger partial charge in [0.15, 0.2) is 11.5 Å². The number of hydrogen-bond acceptors (Lipinski definition) is 7. The van der Waals surface area contributed by atoms with Gasteiger partial charge in [-0.05, 0) is 42.8 Å². The third-order valence-corrected chi connectivity index (χ3v) is 5.16. The number of rotatable bonds is 6. The number of aromatic nitrogens is 6. The lowest BCUT2D eigenvalue weighted by atomic mass is 10.2. The van der Waals surface area contributed by atoms with Gasteiger partial charge in [-0.1, -0.05) is 18.2 Å². The highest BCUT2D eigenvalue weighted by Crippen LogP contribution is 2.24. The third kappa shape index (κ3) is 4.37. The highest BCUT2D eigenvalue weighted by Gasteiger charge is 2.17. The molecule has 2 aromatic carbocycles. The van der Waals surface area contributed by atoms with Crippen molar-refractivity contribution in [2.24, 2.45) is 0 Å². The van der Waals surface area contributed by atoms with Gasteiger partial charge in [0.25, 0.3) is 5.69 Å². The number of benzene rings is 2. The van der Waals surface area contributed by atoms with Crippen LogP contribution in [0.2, 0.25) is 0 Å². The standard InChI is InChI=1S/C24H18N8O3/c1-16-13-21(28-22(33)12-9-17-7-10-19(11-8-17)32(34)35)31(29-16)24-20-14-27-30(23(20)25-15-26-24)18-5-3-2-4-6-18/h2-15H,1H3,(H,28,33)/b12-9+. The summed E-state index contributed by atoms with van der Waals surface area (Å²) in [5.41, 5.74) is 2.78. The average molecular weight is 466 g/mol. The zero-order valence-corrected chi connectivity index (χ0v) is 18.4. The van der Waals surface area contributed by atoms with E-state index in [9.17, 15) is 14.9 Å². The summed E-state index contributed by atoms with van der Waals surface area (Å²) in [6.07, 6.45) is 6.00. The largest absolute Gasteiger partial charge is 0.307 e. The molecule has 0 saturated carbocycles. The van der Waals surface area contributed by atoms with E-state index in [1.165, 1.54) is 29.2 Å². The molecule has 0 aliphatic heterocycles. The Morgan fingerprint density at radius 3 is 2.57 bits per heavy atom. The molecule has 0 aliphatic rings. The molecule has 5 aromatic rings. The minimum atomic E-state index is -0.475. The molecule has 172 valence electrons. The van der Waals surface area contributed by atoms with E-state index in [1.54, 1.807) is 35.2 Å². The molecular weight excluding hydrogens is 448 g/mol. The second-order valence-electron chi connectivity index (χ2n) is 7.58. The second-order valence-corrected chi connectivity index (χ2v) is 7.58. The van der Waals surface area contributed by atoms with Crippen LogP contribution in [-0.2, 0) is 4.79 Å². The molecule has 3 aromatic heterocycles. The van der Waals surface area contributed by atoms with Crippen molar-refractivity contribution >= 4 is 34.5 Å². The van der Waals surface area contributed by atoms with Crippen molar-refractivity contribution in [3.63, 3.8) is 0 Å². The number of fused-ring (bicyclic) bond motifs is 1. The Kier molecular flexibility index (Phi) is 5.55. The van der Waals surface area contributed by atoms with Crippen molar-refractivity contribution in [1.82, 2.24) is 29.5 Å². The van der Waals surface area contributed by atoms with E-state index in [0.717, 1.165) is 5.69 Å². The fourth-order valence-electron chi connectivity index (χ4n) is 3.56. The lowest BCUT2D eigenvalue weighted by Gasteiger charge is -2.08. The molecule has 1 N–H and O–H groups in total. The number of nitrogens with one attached hydrogen (secondary N) is 1. The Labute approximate surface area is 198 Å². The molecule has 0 aliphatic carbocycles. The normalized spacial score (nSPS) is 11.2. The first-order chi connectivity index (χ1) is 17.0. The van der Waals surface area contributed by atoms with E-state index >= 15 is 0 Å². The molecular formula is C24H18N8O3. The molecule has 0 fully saturated rings. The Bertz CT molecular complexity index is 1570. The Hall–Kier alpha value is -5.19. The predicted molar refractivity (Wildman–Crippen MR) is 129 cm³/mol. The zero-order chi connectivity index (χ0) is 24.4. The maximum atomic E-state index is 12.6. The van der Waals surface area contributed by atoms with Gasteiger partial charge in [0.1, 0.15) is 12.1 Å². The number of carbonyl (C=O) groups is 1. The van der Waals surface area contributed by atoms with Crippen molar-refractivity contribution < 1.29 is 9.72 Å². The van der Waals surface area contributed by atoms with Crippen LogP contribution >= 0.6 is 0 Å². The average Bonchev–Trinajstić information content (AvgIpc) is 3.46. The molecule has 0 bridgehead atoms. The van der Waals surface area contributed by atoms with Crippen LogP contribution in [0.25, 0.3) is 28.6 Å². The van der Waals surface area contributed by atoms with Gasteiger partial charge >= 0.3 is 0 Å². The summed E-state index contributed by atoms with van der Waals surface area (Å²) in [5, 5.41) is 23.2.